The van der Waals surface area contributed by atoms with Crippen LogP contribution >= 0.6 is 23.4 Å². The van der Waals surface area contributed by atoms with Crippen molar-refractivity contribution in [2.45, 2.75) is 25.5 Å². The predicted octanol–water partition coefficient (Wildman–Crippen LogP) is 4.57. The Bertz CT molecular complexity index is 1130. The maximum atomic E-state index is 12.4. The van der Waals surface area contributed by atoms with Gasteiger partial charge in [0.2, 0.25) is 5.91 Å². The van der Waals surface area contributed by atoms with Gasteiger partial charge in [-0.05, 0) is 37.6 Å². The summed E-state index contributed by atoms with van der Waals surface area (Å²) >= 11 is 7.42. The molecule has 3 aromatic rings. The van der Waals surface area contributed by atoms with Gasteiger partial charge in [0.15, 0.2) is 11.0 Å². The summed E-state index contributed by atoms with van der Waals surface area (Å²) in [7, 11) is 1.41. The number of aryl methyl sites for hydroxylation is 1. The molecule has 0 unspecified atom stereocenters. The van der Waals surface area contributed by atoms with Crippen molar-refractivity contribution >= 4 is 40.6 Å². The number of ether oxygens (including phenoxy) is 1. The van der Waals surface area contributed by atoms with Gasteiger partial charge in [-0.1, -0.05) is 35.5 Å². The van der Waals surface area contributed by atoms with Gasteiger partial charge in [-0.25, -0.2) is 0 Å². The SMILES string of the molecule is CCn1c(SCC(=O)Nc2ccc(OC)cc2[N+](=O)[O-])nnc1-c1ccc(C)c(Cl)c1. The number of hydrogen-bond acceptors (Lipinski definition) is 7. The van der Waals surface area contributed by atoms with Gasteiger partial charge in [-0.3, -0.25) is 14.9 Å². The molecule has 2 aromatic carbocycles. The lowest BCUT2D eigenvalue weighted by molar-refractivity contribution is -0.384. The van der Waals surface area contributed by atoms with E-state index in [0.717, 1.165) is 11.1 Å². The molecule has 11 heteroatoms. The first-order valence-electron chi connectivity index (χ1n) is 9.28. The Morgan fingerprint density at radius 2 is 2.06 bits per heavy atom. The smallest absolute Gasteiger partial charge is 0.296 e. The van der Waals surface area contributed by atoms with Crippen LogP contribution in [0.4, 0.5) is 11.4 Å². The first-order chi connectivity index (χ1) is 14.8. The van der Waals surface area contributed by atoms with E-state index < -0.39 is 10.8 Å². The fourth-order valence-corrected chi connectivity index (χ4v) is 3.82. The topological polar surface area (TPSA) is 112 Å². The second-order valence-corrected chi connectivity index (χ2v) is 7.84. The minimum atomic E-state index is -0.571. The molecule has 0 fully saturated rings. The summed E-state index contributed by atoms with van der Waals surface area (Å²) in [5.41, 5.74) is 1.65. The van der Waals surface area contributed by atoms with E-state index in [0.29, 0.717) is 28.3 Å². The van der Waals surface area contributed by atoms with Gasteiger partial charge in [0.25, 0.3) is 5.69 Å². The normalized spacial score (nSPS) is 10.7. The van der Waals surface area contributed by atoms with Gasteiger partial charge in [-0.2, -0.15) is 0 Å². The number of anilines is 1. The van der Waals surface area contributed by atoms with Gasteiger partial charge < -0.3 is 14.6 Å². The van der Waals surface area contributed by atoms with Crippen molar-refractivity contribution in [3.8, 4) is 17.1 Å². The number of hydrogen-bond donors (Lipinski definition) is 1. The van der Waals surface area contributed by atoms with Crippen LogP contribution in [0.15, 0.2) is 41.6 Å². The number of nitro groups is 1. The molecule has 0 spiro atoms. The van der Waals surface area contributed by atoms with Gasteiger partial charge in [0.05, 0.1) is 23.9 Å². The average Bonchev–Trinajstić information content (AvgIpc) is 3.17. The Balaban J connectivity index is 1.73. The maximum absolute atomic E-state index is 12.4. The first kappa shape index (κ1) is 22.6. The van der Waals surface area contributed by atoms with E-state index in [1.165, 1.54) is 31.0 Å². The molecule has 1 amide bonds. The number of halogens is 1. The molecule has 0 aliphatic heterocycles. The molecule has 162 valence electrons. The molecule has 0 radical (unpaired) electrons. The largest absolute Gasteiger partial charge is 0.496 e. The van der Waals surface area contributed by atoms with Crippen molar-refractivity contribution in [3.63, 3.8) is 0 Å². The number of carbonyl (C=O) groups excluding carboxylic acids is 1. The van der Waals surface area contributed by atoms with Gasteiger partial charge >= 0.3 is 0 Å². The molecule has 1 heterocycles. The van der Waals surface area contributed by atoms with E-state index in [1.54, 1.807) is 6.07 Å². The summed E-state index contributed by atoms with van der Waals surface area (Å²) in [5.74, 6) is 0.594. The lowest BCUT2D eigenvalue weighted by Gasteiger charge is -2.09. The number of rotatable bonds is 8. The summed E-state index contributed by atoms with van der Waals surface area (Å²) in [6, 6.07) is 9.90. The third-order valence-electron chi connectivity index (χ3n) is 4.47. The summed E-state index contributed by atoms with van der Waals surface area (Å²) in [4.78, 5) is 23.1. The number of nitrogens with zero attached hydrogens (tertiary/aromatic N) is 4. The van der Waals surface area contributed by atoms with Crippen LogP contribution in [0, 0.1) is 17.0 Å². The third-order valence-corrected chi connectivity index (χ3v) is 5.85. The van der Waals surface area contributed by atoms with Crippen molar-refractivity contribution in [1.29, 1.82) is 0 Å². The van der Waals surface area contributed by atoms with Crippen LogP contribution in [-0.2, 0) is 11.3 Å². The van der Waals surface area contributed by atoms with Gasteiger partial charge in [0, 0.05) is 17.1 Å². The van der Waals surface area contributed by atoms with E-state index in [9.17, 15) is 14.9 Å². The fraction of sp³-hybridized carbons (Fsp3) is 0.250. The summed E-state index contributed by atoms with van der Waals surface area (Å²) in [6.07, 6.45) is 0. The molecule has 3 rings (SSSR count). The molecule has 0 aliphatic rings. The molecule has 9 nitrogen and oxygen atoms in total. The number of methoxy groups -OCH3 is 1. The van der Waals surface area contributed by atoms with E-state index >= 15 is 0 Å². The zero-order valence-electron chi connectivity index (χ0n) is 17.1. The molecule has 0 saturated carbocycles. The number of aromatic nitrogens is 3. The minimum Gasteiger partial charge on any atom is -0.496 e. The molecular weight excluding hydrogens is 442 g/mol. The highest BCUT2D eigenvalue weighted by Gasteiger charge is 2.19. The standard InChI is InChI=1S/C20H20ClN5O4S/c1-4-25-19(13-6-5-12(2)15(21)9-13)23-24-20(25)31-11-18(27)22-16-8-7-14(30-3)10-17(16)26(28)29/h5-10H,4,11H2,1-3H3,(H,22,27). The Kier molecular flexibility index (Phi) is 7.13. The number of carbonyl (C=O) groups is 1. The Labute approximate surface area is 187 Å². The summed E-state index contributed by atoms with van der Waals surface area (Å²) < 4.78 is 6.88. The van der Waals surface area contributed by atoms with Crippen LogP contribution in [0.2, 0.25) is 5.02 Å². The van der Waals surface area contributed by atoms with Crippen molar-refractivity contribution < 1.29 is 14.5 Å². The molecule has 1 aromatic heterocycles. The van der Waals surface area contributed by atoms with Crippen molar-refractivity contribution in [2.24, 2.45) is 0 Å². The van der Waals surface area contributed by atoms with Crippen LogP contribution in [-0.4, -0.2) is 38.5 Å². The number of benzene rings is 2. The molecule has 0 atom stereocenters. The monoisotopic (exact) mass is 461 g/mol. The average molecular weight is 462 g/mol. The van der Waals surface area contributed by atoms with Crippen molar-refractivity contribution in [1.82, 2.24) is 14.8 Å². The Morgan fingerprint density at radius 3 is 2.71 bits per heavy atom. The highest BCUT2D eigenvalue weighted by molar-refractivity contribution is 7.99. The zero-order chi connectivity index (χ0) is 22.5. The van der Waals surface area contributed by atoms with E-state index in [2.05, 4.69) is 15.5 Å². The van der Waals surface area contributed by atoms with Crippen LogP contribution < -0.4 is 10.1 Å². The van der Waals surface area contributed by atoms with Crippen molar-refractivity contribution in [3.05, 3.63) is 57.1 Å². The molecule has 1 N–H and O–H groups in total. The van der Waals surface area contributed by atoms with Crippen LogP contribution in [0.3, 0.4) is 0 Å². The number of thioether (sulfide) groups is 1. The lowest BCUT2D eigenvalue weighted by Crippen LogP contribution is -2.15. The zero-order valence-corrected chi connectivity index (χ0v) is 18.7. The first-order valence-corrected chi connectivity index (χ1v) is 10.6. The third kappa shape index (κ3) is 5.15. The van der Waals surface area contributed by atoms with Gasteiger partial charge in [0.1, 0.15) is 11.4 Å². The second-order valence-electron chi connectivity index (χ2n) is 6.49. The Morgan fingerprint density at radius 1 is 1.29 bits per heavy atom. The summed E-state index contributed by atoms with van der Waals surface area (Å²) in [6.45, 7) is 4.47. The molecule has 0 aliphatic carbocycles. The number of nitrogens with one attached hydrogen (secondary N) is 1. The van der Waals surface area contributed by atoms with Crippen LogP contribution in [0.1, 0.15) is 12.5 Å². The maximum Gasteiger partial charge on any atom is 0.296 e. The molecule has 0 bridgehead atoms. The van der Waals surface area contributed by atoms with Crippen LogP contribution in [0.5, 0.6) is 5.75 Å². The fourth-order valence-electron chi connectivity index (χ4n) is 2.84. The number of amides is 1. The minimum absolute atomic E-state index is 0.00989. The van der Waals surface area contributed by atoms with E-state index in [4.69, 9.17) is 16.3 Å². The molecular formula is C20H20ClN5O4S. The van der Waals surface area contributed by atoms with E-state index in [-0.39, 0.29) is 17.1 Å². The van der Waals surface area contributed by atoms with Gasteiger partial charge in [-0.15, -0.1) is 10.2 Å². The molecule has 0 saturated heterocycles. The van der Waals surface area contributed by atoms with E-state index in [1.807, 2.05) is 36.6 Å². The lowest BCUT2D eigenvalue weighted by atomic mass is 10.1. The highest BCUT2D eigenvalue weighted by atomic mass is 35.5. The highest BCUT2D eigenvalue weighted by Crippen LogP contribution is 2.30. The quantitative estimate of drug-likeness (QED) is 0.297. The Hall–Kier alpha value is -3.11. The predicted molar refractivity (Wildman–Crippen MR) is 120 cm³/mol. The van der Waals surface area contributed by atoms with Crippen LogP contribution in [0.25, 0.3) is 11.4 Å². The summed E-state index contributed by atoms with van der Waals surface area (Å²) in [5, 5.41) is 23.5. The molecule has 31 heavy (non-hydrogen) atoms. The van der Waals surface area contributed by atoms with Crippen molar-refractivity contribution in [2.75, 3.05) is 18.2 Å². The second kappa shape index (κ2) is 9.80. The number of nitro benzene ring substituents is 1.